The minimum Gasteiger partial charge on any atom is -0.0793 e. The highest BCUT2D eigenvalue weighted by Crippen LogP contribution is 1.86. The van der Waals surface area contributed by atoms with Gasteiger partial charge in [-0.15, -0.1) is 0 Å². The highest BCUT2D eigenvalue weighted by Gasteiger charge is 1.67. The van der Waals surface area contributed by atoms with Crippen LogP contribution in [0, 0.1) is 11.8 Å². The molecule has 0 bridgehead atoms. The van der Waals surface area contributed by atoms with Crippen molar-refractivity contribution in [2.24, 2.45) is 0 Å². The van der Waals surface area contributed by atoms with Crippen LogP contribution in [0.5, 0.6) is 0 Å². The van der Waals surface area contributed by atoms with Crippen LogP contribution in [0.2, 0.25) is 0 Å². The molecule has 0 aliphatic rings. The zero-order valence-corrected chi connectivity index (χ0v) is 6.72. The molecule has 0 heterocycles. The van der Waals surface area contributed by atoms with Gasteiger partial charge in [0.05, 0.1) is 0 Å². The Kier molecular flexibility index (Phi) is 7.27. The van der Waals surface area contributed by atoms with E-state index in [0.29, 0.717) is 0 Å². The van der Waals surface area contributed by atoms with Crippen molar-refractivity contribution in [2.75, 3.05) is 0 Å². The first-order valence-corrected chi connectivity index (χ1v) is 3.69. The van der Waals surface area contributed by atoms with Gasteiger partial charge in [-0.25, -0.2) is 0 Å². The summed E-state index contributed by atoms with van der Waals surface area (Å²) in [7, 11) is 0. The quantitative estimate of drug-likeness (QED) is 0.509. The average Bonchev–Trinajstić information content (AvgIpc) is 1.97. The Morgan fingerprint density at radius 3 is 2.50 bits per heavy atom. The molecule has 0 rings (SSSR count). The van der Waals surface area contributed by atoms with E-state index in [1.165, 1.54) is 6.42 Å². The van der Waals surface area contributed by atoms with E-state index in [1.807, 2.05) is 25.2 Å². The topological polar surface area (TPSA) is 0 Å². The second-order valence-electron chi connectivity index (χ2n) is 1.98. The third kappa shape index (κ3) is 7.04. The molecular weight excluding hydrogens is 120 g/mol. The zero-order valence-electron chi connectivity index (χ0n) is 6.72. The number of allylic oxidation sites excluding steroid dienone is 4. The second-order valence-corrected chi connectivity index (χ2v) is 1.98. The van der Waals surface area contributed by atoms with Crippen LogP contribution in [-0.2, 0) is 0 Å². The first-order valence-electron chi connectivity index (χ1n) is 3.69. The second kappa shape index (κ2) is 8.04. The van der Waals surface area contributed by atoms with Crippen LogP contribution in [-0.4, -0.2) is 0 Å². The Balaban J connectivity index is 3.43. The Morgan fingerprint density at radius 1 is 1.20 bits per heavy atom. The maximum absolute atomic E-state index is 2.90. The molecule has 0 saturated carbocycles. The molecule has 0 aliphatic carbocycles. The predicted molar refractivity (Wildman–Crippen MR) is 46.6 cm³/mol. The van der Waals surface area contributed by atoms with Gasteiger partial charge in [0.1, 0.15) is 0 Å². The fraction of sp³-hybridized carbons (Fsp3) is 0.400. The van der Waals surface area contributed by atoms with Crippen molar-refractivity contribution in [2.45, 2.75) is 26.7 Å². The molecule has 0 heteroatoms. The predicted octanol–water partition coefficient (Wildman–Crippen LogP) is 2.92. The van der Waals surface area contributed by atoms with Gasteiger partial charge < -0.3 is 0 Å². The third-order valence-corrected chi connectivity index (χ3v) is 0.990. The lowest BCUT2D eigenvalue weighted by molar-refractivity contribution is 0.959. The molecule has 0 N–H and O–H groups in total. The minimum atomic E-state index is 1.13. The van der Waals surface area contributed by atoms with Crippen molar-refractivity contribution >= 4 is 0 Å². The average molecular weight is 134 g/mol. The van der Waals surface area contributed by atoms with E-state index in [-0.39, 0.29) is 0 Å². The lowest BCUT2D eigenvalue weighted by Gasteiger charge is -1.76. The van der Waals surface area contributed by atoms with E-state index < -0.39 is 0 Å². The van der Waals surface area contributed by atoms with Crippen molar-refractivity contribution in [1.82, 2.24) is 0 Å². The molecule has 0 amide bonds. The molecule has 0 aromatic heterocycles. The number of unbranched alkanes of at least 4 members (excludes halogenated alkanes) is 1. The van der Waals surface area contributed by atoms with Crippen LogP contribution in [0.4, 0.5) is 0 Å². The van der Waals surface area contributed by atoms with Gasteiger partial charge in [-0.3, -0.25) is 0 Å². The number of rotatable bonds is 2. The van der Waals surface area contributed by atoms with Crippen LogP contribution in [0.15, 0.2) is 24.3 Å². The van der Waals surface area contributed by atoms with Gasteiger partial charge in [0.15, 0.2) is 0 Å². The molecule has 54 valence electrons. The van der Waals surface area contributed by atoms with E-state index >= 15 is 0 Å². The van der Waals surface area contributed by atoms with Gasteiger partial charge in [0.25, 0.3) is 0 Å². The largest absolute Gasteiger partial charge is 0.0793 e. The Bertz CT molecular complexity index is 162. The van der Waals surface area contributed by atoms with Gasteiger partial charge in [-0.1, -0.05) is 37.3 Å². The van der Waals surface area contributed by atoms with E-state index in [1.54, 1.807) is 0 Å². The van der Waals surface area contributed by atoms with E-state index in [9.17, 15) is 0 Å². The molecule has 10 heavy (non-hydrogen) atoms. The van der Waals surface area contributed by atoms with Gasteiger partial charge in [-0.05, 0) is 25.5 Å². The molecule has 0 atom stereocenters. The molecule has 0 nitrogen and oxygen atoms in total. The first kappa shape index (κ1) is 9.04. The minimum absolute atomic E-state index is 1.13. The molecule has 0 radical (unpaired) electrons. The van der Waals surface area contributed by atoms with Crippen LogP contribution >= 0.6 is 0 Å². The Morgan fingerprint density at radius 2 is 1.90 bits per heavy atom. The van der Waals surface area contributed by atoms with Crippen LogP contribution in [0.3, 0.4) is 0 Å². The van der Waals surface area contributed by atoms with Crippen molar-refractivity contribution in [3.63, 3.8) is 0 Å². The maximum atomic E-state index is 2.90. The van der Waals surface area contributed by atoms with Crippen molar-refractivity contribution in [3.05, 3.63) is 24.3 Å². The van der Waals surface area contributed by atoms with Crippen LogP contribution < -0.4 is 0 Å². The molecule has 0 fully saturated rings. The summed E-state index contributed by atoms with van der Waals surface area (Å²) < 4.78 is 0. The van der Waals surface area contributed by atoms with Crippen LogP contribution in [0.1, 0.15) is 26.7 Å². The summed E-state index contributed by atoms with van der Waals surface area (Å²) in [5.41, 5.74) is 0. The smallest absolute Gasteiger partial charge is 0.0155 e. The van der Waals surface area contributed by atoms with Crippen molar-refractivity contribution in [1.29, 1.82) is 0 Å². The summed E-state index contributed by atoms with van der Waals surface area (Å²) >= 11 is 0. The van der Waals surface area contributed by atoms with Crippen molar-refractivity contribution in [3.8, 4) is 11.8 Å². The standard InChI is InChI=1S/C10H14/c1-3-5-7-9-10-8-6-4-2/h3,5,8,10H,4,6H2,1-2H3. The van der Waals surface area contributed by atoms with E-state index in [2.05, 4.69) is 24.8 Å². The van der Waals surface area contributed by atoms with Crippen molar-refractivity contribution < 1.29 is 0 Å². The normalized spacial score (nSPS) is 10.2. The number of hydrogen-bond acceptors (Lipinski definition) is 0. The zero-order chi connectivity index (χ0) is 7.66. The fourth-order valence-electron chi connectivity index (χ4n) is 0.488. The number of hydrogen-bond donors (Lipinski definition) is 0. The molecule has 0 aromatic rings. The monoisotopic (exact) mass is 134 g/mol. The van der Waals surface area contributed by atoms with Crippen LogP contribution in [0.25, 0.3) is 0 Å². The lowest BCUT2D eigenvalue weighted by atomic mass is 10.3. The van der Waals surface area contributed by atoms with Gasteiger partial charge in [0.2, 0.25) is 0 Å². The molecule has 0 spiro atoms. The first-order chi connectivity index (χ1) is 4.91. The summed E-state index contributed by atoms with van der Waals surface area (Å²) in [6, 6.07) is 0. The highest BCUT2D eigenvalue weighted by atomic mass is 13.7. The van der Waals surface area contributed by atoms with Gasteiger partial charge >= 0.3 is 0 Å². The third-order valence-electron chi connectivity index (χ3n) is 0.990. The summed E-state index contributed by atoms with van der Waals surface area (Å²) in [6.45, 7) is 4.12. The highest BCUT2D eigenvalue weighted by molar-refractivity contribution is 5.22. The maximum Gasteiger partial charge on any atom is -0.0155 e. The molecular formula is C10H14. The van der Waals surface area contributed by atoms with Gasteiger partial charge in [0, 0.05) is 0 Å². The lowest BCUT2D eigenvalue weighted by Crippen LogP contribution is -1.58. The summed E-state index contributed by atoms with van der Waals surface area (Å²) in [4.78, 5) is 0. The summed E-state index contributed by atoms with van der Waals surface area (Å²) in [5.74, 6) is 5.78. The Labute approximate surface area is 63.6 Å². The summed E-state index contributed by atoms with van der Waals surface area (Å²) in [6.07, 6.45) is 10.1. The summed E-state index contributed by atoms with van der Waals surface area (Å²) in [5, 5.41) is 0. The Hall–Kier alpha value is -0.960. The fourth-order valence-corrected chi connectivity index (χ4v) is 0.488. The molecule has 0 unspecified atom stereocenters. The molecule has 0 aromatic carbocycles. The molecule has 0 aliphatic heterocycles. The SMILES string of the molecule is CC=CC#CC=CCCC. The van der Waals surface area contributed by atoms with E-state index in [0.717, 1.165) is 6.42 Å². The van der Waals surface area contributed by atoms with Gasteiger partial charge in [-0.2, -0.15) is 0 Å². The molecule has 0 saturated heterocycles. The van der Waals surface area contributed by atoms with E-state index in [4.69, 9.17) is 0 Å².